The Morgan fingerprint density at radius 2 is 1.96 bits per heavy atom. The summed E-state index contributed by atoms with van der Waals surface area (Å²) in [4.78, 5) is 16.3. The third-order valence-electron chi connectivity index (χ3n) is 3.50. The van der Waals surface area contributed by atoms with E-state index in [0.717, 1.165) is 20.8 Å². The van der Waals surface area contributed by atoms with Crippen LogP contribution >= 0.6 is 34.1 Å². The van der Waals surface area contributed by atoms with E-state index in [1.54, 1.807) is 0 Å². The summed E-state index contributed by atoms with van der Waals surface area (Å²) in [5.74, 6) is 1.74. The van der Waals surface area contributed by atoms with E-state index >= 15 is 0 Å². The number of amidine groups is 1. The molecule has 3 rings (SSSR count). The number of nitrogens with two attached hydrogens (primary N) is 1. The third kappa shape index (κ3) is 5.10. The highest BCUT2D eigenvalue weighted by Gasteiger charge is 2.15. The van der Waals surface area contributed by atoms with Crippen LogP contribution in [0.2, 0.25) is 0 Å². The van der Waals surface area contributed by atoms with Crippen molar-refractivity contribution in [3.8, 4) is 11.5 Å². The van der Waals surface area contributed by atoms with E-state index in [1.807, 2.05) is 62.4 Å². The molecule has 1 heterocycles. The fourth-order valence-electron chi connectivity index (χ4n) is 2.37. The topological polar surface area (TPSA) is 92.5 Å². The molecule has 6 nitrogen and oxygen atoms in total. The maximum absolute atomic E-state index is 12.1. The predicted octanol–water partition coefficient (Wildman–Crippen LogP) is 4.69. The Balaban J connectivity index is 1.77. The van der Waals surface area contributed by atoms with Crippen LogP contribution < -0.4 is 21.3 Å². The summed E-state index contributed by atoms with van der Waals surface area (Å²) < 4.78 is 9.66. The molecule has 3 aromatic rings. The van der Waals surface area contributed by atoms with Crippen LogP contribution in [-0.4, -0.2) is 16.3 Å². The molecule has 0 spiro atoms. The van der Waals surface area contributed by atoms with E-state index < -0.39 is 0 Å². The number of H-pyrrole nitrogens is 1. The zero-order chi connectivity index (χ0) is 19.4. The van der Waals surface area contributed by atoms with E-state index in [1.165, 1.54) is 11.5 Å². The minimum atomic E-state index is -0.247. The normalized spacial score (nSPS) is 11.6. The number of benzene rings is 2. The quantitative estimate of drug-likeness (QED) is 0.263. The number of halogens is 1. The lowest BCUT2D eigenvalue weighted by molar-refractivity contribution is 0.482. The van der Waals surface area contributed by atoms with Crippen LogP contribution in [0.1, 0.15) is 19.4 Å². The van der Waals surface area contributed by atoms with Crippen LogP contribution in [0.5, 0.6) is 11.5 Å². The largest absolute Gasteiger partial charge is 0.457 e. The Kier molecular flexibility index (Phi) is 6.17. The summed E-state index contributed by atoms with van der Waals surface area (Å²) in [5.41, 5.74) is 6.93. The first kappa shape index (κ1) is 19.4. The van der Waals surface area contributed by atoms with Gasteiger partial charge in [0, 0.05) is 15.3 Å². The van der Waals surface area contributed by atoms with E-state index in [2.05, 4.69) is 37.3 Å². The molecule has 8 heteroatoms. The molecule has 2 aromatic carbocycles. The van der Waals surface area contributed by atoms with Crippen molar-refractivity contribution in [1.29, 1.82) is 0 Å². The Morgan fingerprint density at radius 1 is 1.22 bits per heavy atom. The molecule has 1 aromatic heterocycles. The van der Waals surface area contributed by atoms with Gasteiger partial charge >= 0.3 is 0 Å². The van der Waals surface area contributed by atoms with Gasteiger partial charge in [-0.3, -0.25) is 14.2 Å². The fraction of sp³-hybridized carbons (Fsp3) is 0.158. The molecular formula is C19H19IN4O2S. The summed E-state index contributed by atoms with van der Waals surface area (Å²) in [7, 11) is 0. The van der Waals surface area contributed by atoms with Gasteiger partial charge in [0.1, 0.15) is 27.9 Å². The van der Waals surface area contributed by atoms with Crippen LogP contribution in [-0.2, 0) is 0 Å². The Labute approximate surface area is 174 Å². The van der Waals surface area contributed by atoms with Gasteiger partial charge in [-0.25, -0.2) is 0 Å². The van der Waals surface area contributed by atoms with Gasteiger partial charge in [-0.2, -0.15) is 0 Å². The number of hydrogen-bond donors (Lipinski definition) is 3. The Hall–Kier alpha value is -2.33. The van der Waals surface area contributed by atoms with Crippen molar-refractivity contribution in [3.05, 3.63) is 68.0 Å². The molecule has 0 saturated carbocycles. The summed E-state index contributed by atoms with van der Waals surface area (Å²) in [6, 6.07) is 15.3. The first-order valence-corrected chi connectivity index (χ1v) is 10.2. The van der Waals surface area contributed by atoms with Crippen molar-refractivity contribution in [1.82, 2.24) is 4.37 Å². The van der Waals surface area contributed by atoms with Crippen molar-refractivity contribution >= 4 is 50.6 Å². The van der Waals surface area contributed by atoms with Crippen molar-refractivity contribution in [2.24, 2.45) is 10.7 Å². The van der Waals surface area contributed by atoms with E-state index in [0.29, 0.717) is 10.6 Å². The van der Waals surface area contributed by atoms with Gasteiger partial charge in [0.05, 0.1) is 0 Å². The van der Waals surface area contributed by atoms with Crippen LogP contribution in [0.4, 0.5) is 10.7 Å². The smallest absolute Gasteiger partial charge is 0.271 e. The zero-order valence-corrected chi connectivity index (χ0v) is 17.8. The number of ether oxygens (including phenoxy) is 1. The first-order chi connectivity index (χ1) is 12.9. The van der Waals surface area contributed by atoms with E-state index in [4.69, 9.17) is 10.5 Å². The summed E-state index contributed by atoms with van der Waals surface area (Å²) >= 11 is 3.44. The molecule has 0 amide bonds. The molecule has 0 aliphatic rings. The molecule has 0 fully saturated rings. The molecule has 0 atom stereocenters. The summed E-state index contributed by atoms with van der Waals surface area (Å²) in [5, 5.41) is 3.85. The molecule has 0 aliphatic heterocycles. The molecule has 0 unspecified atom stereocenters. The minimum absolute atomic E-state index is 0.00892. The number of anilines is 2. The fourth-order valence-corrected chi connectivity index (χ4v) is 3.65. The van der Waals surface area contributed by atoms with Crippen molar-refractivity contribution in [2.45, 2.75) is 19.9 Å². The van der Waals surface area contributed by atoms with Gasteiger partial charge in [0.2, 0.25) is 0 Å². The van der Waals surface area contributed by atoms with E-state index in [9.17, 15) is 4.79 Å². The number of aromatic amines is 1. The number of nitrogens with zero attached hydrogens (tertiary/aromatic N) is 1. The monoisotopic (exact) mass is 494 g/mol. The van der Waals surface area contributed by atoms with Crippen molar-refractivity contribution in [3.63, 3.8) is 0 Å². The van der Waals surface area contributed by atoms with E-state index in [-0.39, 0.29) is 17.4 Å². The lowest BCUT2D eigenvalue weighted by atomic mass is 10.2. The highest BCUT2D eigenvalue weighted by atomic mass is 127. The van der Waals surface area contributed by atoms with Gasteiger partial charge in [-0.15, -0.1) is 0 Å². The standard InChI is InChI=1S/C19H19IN4O2S/c1-11(2)22-17(21)16-18(25)24-27-19(16)23-13-6-8-14(9-7-13)26-15-5-3-4-12(20)10-15/h3-11,23H,1-2H3,(H2,21,22)(H,24,25). The van der Waals surface area contributed by atoms with Crippen LogP contribution in [0.15, 0.2) is 58.3 Å². The Morgan fingerprint density at radius 3 is 2.63 bits per heavy atom. The maximum Gasteiger partial charge on any atom is 0.271 e. The predicted molar refractivity (Wildman–Crippen MR) is 120 cm³/mol. The minimum Gasteiger partial charge on any atom is -0.457 e. The second kappa shape index (κ2) is 8.57. The molecule has 0 saturated heterocycles. The highest BCUT2D eigenvalue weighted by Crippen LogP contribution is 2.27. The van der Waals surface area contributed by atoms with Gasteiger partial charge < -0.3 is 15.8 Å². The van der Waals surface area contributed by atoms with Gasteiger partial charge in [0.25, 0.3) is 5.56 Å². The number of aromatic nitrogens is 1. The average Bonchev–Trinajstić information content (AvgIpc) is 2.96. The van der Waals surface area contributed by atoms with Crippen molar-refractivity contribution in [2.75, 3.05) is 5.32 Å². The molecule has 0 radical (unpaired) electrons. The molecule has 140 valence electrons. The zero-order valence-electron chi connectivity index (χ0n) is 14.8. The van der Waals surface area contributed by atoms with Crippen molar-refractivity contribution < 1.29 is 4.74 Å². The summed E-state index contributed by atoms with van der Waals surface area (Å²) in [6.07, 6.45) is 0. The average molecular weight is 494 g/mol. The maximum atomic E-state index is 12.1. The molecule has 0 aliphatic carbocycles. The lowest BCUT2D eigenvalue weighted by Crippen LogP contribution is -2.23. The first-order valence-electron chi connectivity index (χ1n) is 8.28. The highest BCUT2D eigenvalue weighted by molar-refractivity contribution is 14.1. The van der Waals surface area contributed by atoms with Crippen LogP contribution in [0.3, 0.4) is 0 Å². The molecule has 0 bridgehead atoms. The van der Waals surface area contributed by atoms with Gasteiger partial charge in [-0.05, 0) is 90.4 Å². The second-order valence-corrected chi connectivity index (χ2v) is 8.12. The lowest BCUT2D eigenvalue weighted by Gasteiger charge is -2.09. The summed E-state index contributed by atoms with van der Waals surface area (Å²) in [6.45, 7) is 3.82. The number of hydrogen-bond acceptors (Lipinski definition) is 5. The van der Waals surface area contributed by atoms with Gasteiger partial charge in [-0.1, -0.05) is 6.07 Å². The number of rotatable bonds is 6. The Bertz CT molecular complexity index is 1010. The second-order valence-electron chi connectivity index (χ2n) is 6.05. The van der Waals surface area contributed by atoms with Crippen LogP contribution in [0, 0.1) is 3.57 Å². The van der Waals surface area contributed by atoms with Gasteiger partial charge in [0.15, 0.2) is 0 Å². The molecule has 27 heavy (non-hydrogen) atoms. The third-order valence-corrected chi connectivity index (χ3v) is 4.97. The number of aliphatic imine (C=N–C) groups is 1. The number of nitrogens with one attached hydrogen (secondary N) is 2. The SMILES string of the molecule is CC(C)N=C(N)c1c(Nc2ccc(Oc3cccc(I)c3)cc2)s[nH]c1=O. The molecular weight excluding hydrogens is 475 g/mol. The molecule has 4 N–H and O–H groups in total. The van der Waals surface area contributed by atoms with Crippen LogP contribution in [0.25, 0.3) is 0 Å².